The van der Waals surface area contributed by atoms with Crippen LogP contribution in [0.15, 0.2) is 42.5 Å². The summed E-state index contributed by atoms with van der Waals surface area (Å²) in [6.45, 7) is 9.61. The predicted molar refractivity (Wildman–Crippen MR) is 106 cm³/mol. The average molecular weight is 369 g/mol. The van der Waals surface area contributed by atoms with Crippen LogP contribution in [0.2, 0.25) is 0 Å². The molecule has 1 N–H and O–H groups in total. The average Bonchev–Trinajstić information content (AvgIpc) is 2.61. The minimum absolute atomic E-state index is 0.0558. The molecule has 0 aliphatic carbocycles. The van der Waals surface area contributed by atoms with Gasteiger partial charge in [-0.3, -0.25) is 4.79 Å². The first-order chi connectivity index (χ1) is 12.7. The lowest BCUT2D eigenvalue weighted by molar-refractivity contribution is -0.149. The Bertz CT molecular complexity index is 784. The maximum atomic E-state index is 12.0. The van der Waals surface area contributed by atoms with Gasteiger partial charge in [0, 0.05) is 5.69 Å². The van der Waals surface area contributed by atoms with E-state index in [9.17, 15) is 9.59 Å². The Morgan fingerprint density at radius 1 is 0.926 bits per heavy atom. The molecule has 0 spiro atoms. The van der Waals surface area contributed by atoms with Gasteiger partial charge < -0.3 is 14.8 Å². The molecule has 0 aliphatic heterocycles. The molecular weight excluding hydrogens is 342 g/mol. The van der Waals surface area contributed by atoms with Crippen LogP contribution in [0.1, 0.15) is 37.5 Å². The van der Waals surface area contributed by atoms with Crippen LogP contribution in [0.25, 0.3) is 0 Å². The highest BCUT2D eigenvalue weighted by Crippen LogP contribution is 2.24. The number of benzene rings is 2. The van der Waals surface area contributed by atoms with Crippen molar-refractivity contribution in [1.82, 2.24) is 0 Å². The van der Waals surface area contributed by atoms with Crippen molar-refractivity contribution < 1.29 is 19.1 Å². The number of ether oxygens (including phenoxy) is 2. The molecular formula is C22H27NO4. The molecule has 0 aliphatic rings. The second kappa shape index (κ2) is 8.71. The number of nitrogens with one attached hydrogen (secondary N) is 1. The summed E-state index contributed by atoms with van der Waals surface area (Å²) in [5.74, 6) is -0.387. The Morgan fingerprint density at radius 3 is 2.07 bits per heavy atom. The number of esters is 1. The van der Waals surface area contributed by atoms with Crippen molar-refractivity contribution in [3.63, 3.8) is 0 Å². The van der Waals surface area contributed by atoms with Crippen LogP contribution in [0, 0.1) is 13.8 Å². The van der Waals surface area contributed by atoms with Crippen molar-refractivity contribution >= 4 is 17.6 Å². The zero-order valence-electron chi connectivity index (χ0n) is 16.6. The second-order valence-corrected chi connectivity index (χ2v) is 7.54. The standard InChI is InChI=1S/C22H27NO4/c1-15-7-6-8-16(2)21(15)23-19(24)13-27-20(25)14-26-18-11-9-17(10-12-18)22(3,4)5/h6-12H,13-14H2,1-5H3,(H,23,24). The van der Waals surface area contributed by atoms with E-state index in [0.29, 0.717) is 5.75 Å². The van der Waals surface area contributed by atoms with E-state index in [4.69, 9.17) is 9.47 Å². The van der Waals surface area contributed by atoms with Crippen LogP contribution in [0.3, 0.4) is 0 Å². The number of aryl methyl sites for hydroxylation is 2. The first-order valence-corrected chi connectivity index (χ1v) is 8.92. The molecule has 2 aromatic carbocycles. The number of amides is 1. The maximum Gasteiger partial charge on any atom is 0.344 e. The molecule has 0 heterocycles. The summed E-state index contributed by atoms with van der Waals surface area (Å²) in [6, 6.07) is 13.3. The number of anilines is 1. The first-order valence-electron chi connectivity index (χ1n) is 8.92. The first kappa shape index (κ1) is 20.5. The van der Waals surface area contributed by atoms with Crippen LogP contribution in [-0.4, -0.2) is 25.1 Å². The van der Waals surface area contributed by atoms with Crippen molar-refractivity contribution in [2.75, 3.05) is 18.5 Å². The van der Waals surface area contributed by atoms with E-state index < -0.39 is 5.97 Å². The number of carbonyl (C=O) groups excluding carboxylic acids is 2. The van der Waals surface area contributed by atoms with E-state index in [1.807, 2.05) is 56.3 Å². The van der Waals surface area contributed by atoms with Gasteiger partial charge in [0.25, 0.3) is 5.91 Å². The number of hydrogen-bond acceptors (Lipinski definition) is 4. The third-order valence-corrected chi connectivity index (χ3v) is 4.19. The highest BCUT2D eigenvalue weighted by atomic mass is 16.6. The molecule has 0 radical (unpaired) electrons. The topological polar surface area (TPSA) is 64.6 Å². The van der Waals surface area contributed by atoms with Gasteiger partial charge in [-0.1, -0.05) is 51.1 Å². The summed E-state index contributed by atoms with van der Waals surface area (Å²) in [5.41, 5.74) is 3.89. The second-order valence-electron chi connectivity index (χ2n) is 7.54. The molecule has 27 heavy (non-hydrogen) atoms. The Kier molecular flexibility index (Phi) is 6.61. The predicted octanol–water partition coefficient (Wildman–Crippen LogP) is 4.16. The van der Waals surface area contributed by atoms with Crippen LogP contribution in [0.4, 0.5) is 5.69 Å². The number of rotatable bonds is 6. The molecule has 0 aromatic heterocycles. The largest absolute Gasteiger partial charge is 0.482 e. The molecule has 0 fully saturated rings. The molecule has 2 aromatic rings. The normalized spacial score (nSPS) is 11.0. The molecule has 1 amide bonds. The Labute approximate surface area is 160 Å². The van der Waals surface area contributed by atoms with Crippen LogP contribution in [-0.2, 0) is 19.7 Å². The van der Waals surface area contributed by atoms with Gasteiger partial charge in [-0.25, -0.2) is 4.79 Å². The quantitative estimate of drug-likeness (QED) is 0.777. The molecule has 0 unspecified atom stereocenters. The SMILES string of the molecule is Cc1cccc(C)c1NC(=O)COC(=O)COc1ccc(C(C)(C)C)cc1. The van der Waals surface area contributed by atoms with Gasteiger partial charge in [0.1, 0.15) is 5.75 Å². The highest BCUT2D eigenvalue weighted by molar-refractivity contribution is 5.94. The summed E-state index contributed by atoms with van der Waals surface area (Å²) >= 11 is 0. The van der Waals surface area contributed by atoms with Gasteiger partial charge in [0.2, 0.25) is 0 Å². The maximum absolute atomic E-state index is 12.0. The number of para-hydroxylation sites is 1. The van der Waals surface area contributed by atoms with Crippen molar-refractivity contribution in [2.24, 2.45) is 0 Å². The number of hydrogen-bond donors (Lipinski definition) is 1. The summed E-state index contributed by atoms with van der Waals surface area (Å²) in [4.78, 5) is 23.8. The molecule has 5 heteroatoms. The number of carbonyl (C=O) groups is 2. The summed E-state index contributed by atoms with van der Waals surface area (Å²) in [7, 11) is 0. The highest BCUT2D eigenvalue weighted by Gasteiger charge is 2.14. The van der Waals surface area contributed by atoms with Gasteiger partial charge >= 0.3 is 5.97 Å². The van der Waals surface area contributed by atoms with Crippen molar-refractivity contribution in [1.29, 1.82) is 0 Å². The van der Waals surface area contributed by atoms with Gasteiger partial charge in [0.05, 0.1) is 0 Å². The van der Waals surface area contributed by atoms with Crippen molar-refractivity contribution in [3.05, 3.63) is 59.2 Å². The molecule has 2 rings (SSSR count). The molecule has 144 valence electrons. The lowest BCUT2D eigenvalue weighted by atomic mass is 9.87. The van der Waals surface area contributed by atoms with E-state index in [1.54, 1.807) is 0 Å². The minimum atomic E-state index is -0.591. The van der Waals surface area contributed by atoms with Crippen LogP contribution in [0.5, 0.6) is 5.75 Å². The smallest absolute Gasteiger partial charge is 0.344 e. The third kappa shape index (κ3) is 6.13. The monoisotopic (exact) mass is 369 g/mol. The van der Waals surface area contributed by atoms with E-state index in [-0.39, 0.29) is 24.5 Å². The zero-order valence-corrected chi connectivity index (χ0v) is 16.6. The Balaban J connectivity index is 1.78. The molecule has 5 nitrogen and oxygen atoms in total. The van der Waals surface area contributed by atoms with Crippen LogP contribution >= 0.6 is 0 Å². The third-order valence-electron chi connectivity index (χ3n) is 4.19. The van der Waals surface area contributed by atoms with E-state index in [2.05, 4.69) is 26.1 Å². The van der Waals surface area contributed by atoms with Crippen LogP contribution < -0.4 is 10.1 Å². The van der Waals surface area contributed by atoms with Crippen molar-refractivity contribution in [3.8, 4) is 5.75 Å². The van der Waals surface area contributed by atoms with Gasteiger partial charge in [-0.15, -0.1) is 0 Å². The molecule has 0 saturated carbocycles. The Morgan fingerprint density at radius 2 is 1.52 bits per heavy atom. The summed E-state index contributed by atoms with van der Waals surface area (Å²) in [5, 5.41) is 2.77. The van der Waals surface area contributed by atoms with Gasteiger partial charge in [0.15, 0.2) is 13.2 Å². The zero-order chi connectivity index (χ0) is 20.0. The summed E-state index contributed by atoms with van der Waals surface area (Å²) < 4.78 is 10.4. The fraction of sp³-hybridized carbons (Fsp3) is 0.364. The van der Waals surface area contributed by atoms with Gasteiger partial charge in [-0.2, -0.15) is 0 Å². The van der Waals surface area contributed by atoms with Crippen molar-refractivity contribution in [2.45, 2.75) is 40.0 Å². The molecule has 0 bridgehead atoms. The lowest BCUT2D eigenvalue weighted by Gasteiger charge is -2.19. The van der Waals surface area contributed by atoms with Gasteiger partial charge in [-0.05, 0) is 48.1 Å². The lowest BCUT2D eigenvalue weighted by Crippen LogP contribution is -2.24. The molecule has 0 atom stereocenters. The molecule has 0 saturated heterocycles. The van der Waals surface area contributed by atoms with E-state index in [1.165, 1.54) is 5.56 Å². The van der Waals surface area contributed by atoms with E-state index in [0.717, 1.165) is 16.8 Å². The minimum Gasteiger partial charge on any atom is -0.482 e. The Hall–Kier alpha value is -2.82. The van der Waals surface area contributed by atoms with E-state index >= 15 is 0 Å². The fourth-order valence-corrected chi connectivity index (χ4v) is 2.57. The summed E-state index contributed by atoms with van der Waals surface area (Å²) in [6.07, 6.45) is 0. The fourth-order valence-electron chi connectivity index (χ4n) is 2.57.